The van der Waals surface area contributed by atoms with Crippen molar-refractivity contribution < 1.29 is 19.2 Å². The van der Waals surface area contributed by atoms with Gasteiger partial charge in [0.05, 0.1) is 11.5 Å². The number of rotatable bonds is 6. The molecule has 1 aliphatic rings. The molecule has 0 unspecified atom stereocenters. The predicted molar refractivity (Wildman–Crippen MR) is 82.2 cm³/mol. The lowest BCUT2D eigenvalue weighted by Gasteiger charge is -2.15. The van der Waals surface area contributed by atoms with E-state index in [9.17, 15) is 19.7 Å². The van der Waals surface area contributed by atoms with Crippen LogP contribution in [0, 0.1) is 17.0 Å². The second kappa shape index (κ2) is 7.57. The minimum atomic E-state index is -0.558. The molecule has 2 amide bonds. The molecular formula is C15H19N3O5. The molecule has 23 heavy (non-hydrogen) atoms. The first-order valence-electron chi connectivity index (χ1n) is 7.39. The number of carbonyl (C=O) groups is 2. The van der Waals surface area contributed by atoms with Crippen molar-refractivity contribution in [2.45, 2.75) is 19.8 Å². The van der Waals surface area contributed by atoms with Gasteiger partial charge in [0.2, 0.25) is 5.91 Å². The van der Waals surface area contributed by atoms with Crippen LogP contribution in [0.15, 0.2) is 18.2 Å². The van der Waals surface area contributed by atoms with E-state index < -0.39 is 10.8 Å². The number of nitro benzene ring substituents is 1. The maximum absolute atomic E-state index is 11.8. The number of nitro groups is 1. The Hall–Kier alpha value is -2.64. The van der Waals surface area contributed by atoms with Crippen LogP contribution in [0.2, 0.25) is 0 Å². The zero-order chi connectivity index (χ0) is 16.8. The first kappa shape index (κ1) is 16.7. The summed E-state index contributed by atoms with van der Waals surface area (Å²) in [4.78, 5) is 35.6. The van der Waals surface area contributed by atoms with Crippen LogP contribution in [0.3, 0.4) is 0 Å². The normalized spacial score (nSPS) is 13.7. The SMILES string of the molecule is Cc1ccc(OCC(=O)NCC(=O)N2CCCC2)c([N+](=O)[O-])c1. The molecule has 1 aromatic carbocycles. The second-order valence-corrected chi connectivity index (χ2v) is 5.38. The molecule has 1 aliphatic heterocycles. The van der Waals surface area contributed by atoms with E-state index in [2.05, 4.69) is 5.32 Å². The molecule has 2 rings (SSSR count). The third-order valence-electron chi connectivity index (χ3n) is 3.57. The molecule has 124 valence electrons. The highest BCUT2D eigenvalue weighted by Gasteiger charge is 2.19. The Morgan fingerprint density at radius 3 is 2.70 bits per heavy atom. The Morgan fingerprint density at radius 2 is 2.04 bits per heavy atom. The third-order valence-corrected chi connectivity index (χ3v) is 3.57. The van der Waals surface area contributed by atoms with Crippen LogP contribution in [0.5, 0.6) is 5.75 Å². The van der Waals surface area contributed by atoms with Gasteiger partial charge < -0.3 is 15.0 Å². The van der Waals surface area contributed by atoms with E-state index in [1.54, 1.807) is 17.9 Å². The molecule has 8 nitrogen and oxygen atoms in total. The molecule has 0 spiro atoms. The standard InChI is InChI=1S/C15H19N3O5/c1-11-4-5-13(12(8-11)18(21)22)23-10-14(19)16-9-15(20)17-6-2-3-7-17/h4-5,8H,2-3,6-7,9-10H2,1H3,(H,16,19). The van der Waals surface area contributed by atoms with Gasteiger partial charge in [0.1, 0.15) is 0 Å². The van der Waals surface area contributed by atoms with Crippen LogP contribution in [0.1, 0.15) is 18.4 Å². The minimum Gasteiger partial charge on any atom is -0.477 e. The molecular weight excluding hydrogens is 302 g/mol. The van der Waals surface area contributed by atoms with E-state index in [-0.39, 0.29) is 30.5 Å². The molecule has 0 atom stereocenters. The number of carbonyl (C=O) groups excluding carboxylic acids is 2. The van der Waals surface area contributed by atoms with Gasteiger partial charge in [-0.2, -0.15) is 0 Å². The summed E-state index contributed by atoms with van der Waals surface area (Å²) in [6, 6.07) is 4.50. The summed E-state index contributed by atoms with van der Waals surface area (Å²) >= 11 is 0. The number of hydrogen-bond acceptors (Lipinski definition) is 5. The van der Waals surface area contributed by atoms with E-state index in [1.165, 1.54) is 12.1 Å². The Labute approximate surface area is 133 Å². The largest absolute Gasteiger partial charge is 0.477 e. The highest BCUT2D eigenvalue weighted by molar-refractivity contribution is 5.85. The number of nitrogens with zero attached hydrogens (tertiary/aromatic N) is 2. The smallest absolute Gasteiger partial charge is 0.311 e. The van der Waals surface area contributed by atoms with Crippen molar-refractivity contribution in [1.29, 1.82) is 0 Å². The lowest BCUT2D eigenvalue weighted by Crippen LogP contribution is -2.40. The average molecular weight is 321 g/mol. The van der Waals surface area contributed by atoms with Crippen LogP contribution in [-0.4, -0.2) is 47.9 Å². The summed E-state index contributed by atoms with van der Waals surface area (Å²) in [5, 5.41) is 13.4. The van der Waals surface area contributed by atoms with Crippen molar-refractivity contribution in [2.75, 3.05) is 26.2 Å². The fourth-order valence-electron chi connectivity index (χ4n) is 2.34. The zero-order valence-corrected chi connectivity index (χ0v) is 12.9. The lowest BCUT2D eigenvalue weighted by molar-refractivity contribution is -0.385. The summed E-state index contributed by atoms with van der Waals surface area (Å²) in [7, 11) is 0. The Bertz CT molecular complexity index is 611. The number of hydrogen-bond donors (Lipinski definition) is 1. The number of likely N-dealkylation sites (tertiary alicyclic amines) is 1. The molecule has 8 heteroatoms. The quantitative estimate of drug-likeness (QED) is 0.622. The van der Waals surface area contributed by atoms with Crippen LogP contribution in [-0.2, 0) is 9.59 Å². The maximum Gasteiger partial charge on any atom is 0.311 e. The summed E-state index contributed by atoms with van der Waals surface area (Å²) < 4.78 is 5.19. The first-order chi connectivity index (χ1) is 11.0. The molecule has 1 heterocycles. The highest BCUT2D eigenvalue weighted by Crippen LogP contribution is 2.27. The summed E-state index contributed by atoms with van der Waals surface area (Å²) in [5.74, 6) is -0.591. The van der Waals surface area contributed by atoms with E-state index in [0.29, 0.717) is 0 Å². The molecule has 1 aromatic rings. The van der Waals surface area contributed by atoms with E-state index in [0.717, 1.165) is 31.5 Å². The number of benzene rings is 1. The molecule has 0 radical (unpaired) electrons. The van der Waals surface area contributed by atoms with Crippen LogP contribution >= 0.6 is 0 Å². The monoisotopic (exact) mass is 321 g/mol. The number of nitrogens with one attached hydrogen (secondary N) is 1. The maximum atomic E-state index is 11.8. The molecule has 1 N–H and O–H groups in total. The number of amides is 2. The van der Waals surface area contributed by atoms with Gasteiger partial charge in [0.15, 0.2) is 12.4 Å². The fourth-order valence-corrected chi connectivity index (χ4v) is 2.34. The molecule has 0 saturated carbocycles. The second-order valence-electron chi connectivity index (χ2n) is 5.38. The number of ether oxygens (including phenoxy) is 1. The van der Waals surface area contributed by atoms with Gasteiger partial charge in [-0.3, -0.25) is 19.7 Å². The van der Waals surface area contributed by atoms with Gasteiger partial charge in [-0.15, -0.1) is 0 Å². The van der Waals surface area contributed by atoms with E-state index in [1.807, 2.05) is 0 Å². The van der Waals surface area contributed by atoms with Crippen LogP contribution in [0.25, 0.3) is 0 Å². The summed E-state index contributed by atoms with van der Waals surface area (Å²) in [6.07, 6.45) is 1.97. The summed E-state index contributed by atoms with van der Waals surface area (Å²) in [6.45, 7) is 2.71. The molecule has 0 aromatic heterocycles. The summed E-state index contributed by atoms with van der Waals surface area (Å²) in [5.41, 5.74) is 0.538. The van der Waals surface area contributed by atoms with Gasteiger partial charge in [-0.1, -0.05) is 6.07 Å². The van der Waals surface area contributed by atoms with Crippen molar-refractivity contribution in [2.24, 2.45) is 0 Å². The van der Waals surface area contributed by atoms with Crippen molar-refractivity contribution in [3.8, 4) is 5.75 Å². The number of aryl methyl sites for hydroxylation is 1. The van der Waals surface area contributed by atoms with Crippen molar-refractivity contribution in [3.05, 3.63) is 33.9 Å². The van der Waals surface area contributed by atoms with Crippen LogP contribution < -0.4 is 10.1 Å². The fraction of sp³-hybridized carbons (Fsp3) is 0.467. The lowest BCUT2D eigenvalue weighted by atomic mass is 10.2. The molecule has 0 aliphatic carbocycles. The molecule has 0 bridgehead atoms. The Morgan fingerprint density at radius 1 is 1.35 bits per heavy atom. The van der Waals surface area contributed by atoms with Crippen molar-refractivity contribution in [1.82, 2.24) is 10.2 Å². The Balaban J connectivity index is 1.82. The Kier molecular flexibility index (Phi) is 5.51. The third kappa shape index (κ3) is 4.67. The van der Waals surface area contributed by atoms with Gasteiger partial charge in [0.25, 0.3) is 5.91 Å². The van der Waals surface area contributed by atoms with Gasteiger partial charge in [0, 0.05) is 19.2 Å². The van der Waals surface area contributed by atoms with E-state index in [4.69, 9.17) is 4.74 Å². The van der Waals surface area contributed by atoms with E-state index >= 15 is 0 Å². The van der Waals surface area contributed by atoms with Crippen molar-refractivity contribution in [3.63, 3.8) is 0 Å². The zero-order valence-electron chi connectivity index (χ0n) is 12.9. The highest BCUT2D eigenvalue weighted by atomic mass is 16.6. The average Bonchev–Trinajstić information content (AvgIpc) is 3.05. The minimum absolute atomic E-state index is 0.0293. The van der Waals surface area contributed by atoms with Gasteiger partial charge in [-0.25, -0.2) is 0 Å². The van der Waals surface area contributed by atoms with Crippen molar-refractivity contribution >= 4 is 17.5 Å². The van der Waals surface area contributed by atoms with Gasteiger partial charge in [-0.05, 0) is 31.4 Å². The first-order valence-corrected chi connectivity index (χ1v) is 7.39. The topological polar surface area (TPSA) is 102 Å². The van der Waals surface area contributed by atoms with Crippen LogP contribution in [0.4, 0.5) is 5.69 Å². The molecule has 1 saturated heterocycles. The predicted octanol–water partition coefficient (Wildman–Crippen LogP) is 1.02. The van der Waals surface area contributed by atoms with Gasteiger partial charge >= 0.3 is 5.69 Å². The molecule has 1 fully saturated rings.